The molecule has 0 fully saturated rings. The van der Waals surface area contributed by atoms with Gasteiger partial charge in [-0.05, 0) is 54.6 Å². The van der Waals surface area contributed by atoms with Gasteiger partial charge in [-0.15, -0.1) is 0 Å². The third-order valence-corrected chi connectivity index (χ3v) is 6.31. The van der Waals surface area contributed by atoms with Crippen LogP contribution in [0.25, 0.3) is 0 Å². The molecule has 0 amide bonds. The molecule has 0 aliphatic carbocycles. The first-order valence-corrected chi connectivity index (χ1v) is 10.3. The molecule has 3 rings (SSSR count). The van der Waals surface area contributed by atoms with Gasteiger partial charge in [0.1, 0.15) is 5.75 Å². The maximum absolute atomic E-state index is 13.3. The number of nitrogens with zero attached hydrogens (tertiary/aromatic N) is 1. The minimum absolute atomic E-state index is 0.108. The van der Waals surface area contributed by atoms with Crippen molar-refractivity contribution in [3.05, 3.63) is 88.4 Å². The molecule has 0 aliphatic heterocycles. The van der Waals surface area contributed by atoms with Gasteiger partial charge in [-0.2, -0.15) is 0 Å². The first-order valence-electron chi connectivity index (χ1n) is 8.07. The summed E-state index contributed by atoms with van der Waals surface area (Å²) in [5, 5.41) is 0.997. The van der Waals surface area contributed by atoms with Crippen LogP contribution in [0.4, 0.5) is 5.69 Å². The Hall–Kier alpha value is -2.21. The Bertz CT molecular complexity index is 1020. The highest BCUT2D eigenvalue weighted by Crippen LogP contribution is 2.30. The SMILES string of the molecule is COc1ccccc1CN(c1ccc(Cl)cc1)S(=O)(=O)c1ccc(Cl)cc1. The van der Waals surface area contributed by atoms with Gasteiger partial charge in [-0.25, -0.2) is 8.42 Å². The van der Waals surface area contributed by atoms with E-state index >= 15 is 0 Å². The fraction of sp³-hybridized carbons (Fsp3) is 0.100. The molecule has 0 saturated carbocycles. The summed E-state index contributed by atoms with van der Waals surface area (Å²) in [5.74, 6) is 0.614. The van der Waals surface area contributed by atoms with Crippen LogP contribution in [0.2, 0.25) is 10.0 Å². The summed E-state index contributed by atoms with van der Waals surface area (Å²) in [5.41, 5.74) is 1.24. The first-order chi connectivity index (χ1) is 12.9. The van der Waals surface area contributed by atoms with Crippen LogP contribution in [0.15, 0.2) is 77.7 Å². The average Bonchev–Trinajstić information content (AvgIpc) is 2.67. The molecule has 4 nitrogen and oxygen atoms in total. The highest BCUT2D eigenvalue weighted by Gasteiger charge is 2.26. The van der Waals surface area contributed by atoms with Gasteiger partial charge >= 0.3 is 0 Å². The molecule has 0 bridgehead atoms. The molecule has 0 spiro atoms. The van der Waals surface area contributed by atoms with Crippen LogP contribution >= 0.6 is 23.2 Å². The highest BCUT2D eigenvalue weighted by atomic mass is 35.5. The summed E-state index contributed by atoms with van der Waals surface area (Å²) in [6, 6.07) is 20.0. The van der Waals surface area contributed by atoms with Crippen LogP contribution in [-0.4, -0.2) is 15.5 Å². The smallest absolute Gasteiger partial charge is 0.264 e. The average molecular weight is 422 g/mol. The maximum Gasteiger partial charge on any atom is 0.264 e. The van der Waals surface area contributed by atoms with Crippen LogP contribution < -0.4 is 9.04 Å². The third kappa shape index (κ3) is 4.38. The van der Waals surface area contributed by atoms with Crippen LogP contribution in [0.3, 0.4) is 0 Å². The Labute approximate surface area is 169 Å². The van der Waals surface area contributed by atoms with E-state index < -0.39 is 10.0 Å². The molecule has 27 heavy (non-hydrogen) atoms. The number of methoxy groups -OCH3 is 1. The predicted molar refractivity (Wildman–Crippen MR) is 109 cm³/mol. The number of hydrogen-bond acceptors (Lipinski definition) is 3. The van der Waals surface area contributed by atoms with Gasteiger partial charge in [0, 0.05) is 15.6 Å². The molecule has 3 aromatic rings. The molecule has 0 N–H and O–H groups in total. The molecule has 3 aromatic carbocycles. The monoisotopic (exact) mass is 421 g/mol. The van der Waals surface area contributed by atoms with Gasteiger partial charge in [0.15, 0.2) is 0 Å². The van der Waals surface area contributed by atoms with Gasteiger partial charge in [0.2, 0.25) is 0 Å². The van der Waals surface area contributed by atoms with E-state index in [1.165, 1.54) is 16.4 Å². The summed E-state index contributed by atoms with van der Waals surface area (Å²) in [6.07, 6.45) is 0. The van der Waals surface area contributed by atoms with E-state index in [9.17, 15) is 8.42 Å². The molecule has 0 unspecified atom stereocenters. The summed E-state index contributed by atoms with van der Waals surface area (Å²) in [4.78, 5) is 0.150. The van der Waals surface area contributed by atoms with Crippen molar-refractivity contribution in [2.45, 2.75) is 11.4 Å². The molecule has 0 radical (unpaired) electrons. The van der Waals surface area contributed by atoms with Crippen molar-refractivity contribution in [2.24, 2.45) is 0 Å². The zero-order chi connectivity index (χ0) is 19.4. The molecule has 0 heterocycles. The number of benzene rings is 3. The summed E-state index contributed by atoms with van der Waals surface area (Å²) in [6.45, 7) is 0.108. The van der Waals surface area contributed by atoms with Crippen LogP contribution in [0, 0.1) is 0 Å². The van der Waals surface area contributed by atoms with Crippen molar-refractivity contribution in [2.75, 3.05) is 11.4 Å². The third-order valence-electron chi connectivity index (χ3n) is 4.02. The second-order valence-corrected chi connectivity index (χ2v) is 8.49. The zero-order valence-corrected chi connectivity index (χ0v) is 16.8. The van der Waals surface area contributed by atoms with E-state index in [0.717, 1.165) is 5.56 Å². The van der Waals surface area contributed by atoms with E-state index in [2.05, 4.69) is 0 Å². The van der Waals surface area contributed by atoms with E-state index in [1.54, 1.807) is 49.6 Å². The minimum atomic E-state index is -3.83. The summed E-state index contributed by atoms with van der Waals surface area (Å²) < 4.78 is 33.4. The lowest BCUT2D eigenvalue weighted by Gasteiger charge is -2.25. The van der Waals surface area contributed by atoms with E-state index in [4.69, 9.17) is 27.9 Å². The van der Waals surface area contributed by atoms with Crippen LogP contribution in [-0.2, 0) is 16.6 Å². The second-order valence-electron chi connectivity index (χ2n) is 5.75. The van der Waals surface area contributed by atoms with E-state index in [-0.39, 0.29) is 11.4 Å². The summed E-state index contributed by atoms with van der Waals surface area (Å²) >= 11 is 11.9. The first kappa shape index (κ1) is 19.5. The quantitative estimate of drug-likeness (QED) is 0.535. The highest BCUT2D eigenvalue weighted by molar-refractivity contribution is 7.92. The molecule has 0 saturated heterocycles. The number of halogens is 2. The number of hydrogen-bond donors (Lipinski definition) is 0. The Morgan fingerprint density at radius 2 is 1.41 bits per heavy atom. The number of anilines is 1. The number of ether oxygens (including phenoxy) is 1. The fourth-order valence-corrected chi connectivity index (χ4v) is 4.34. The second kappa shape index (κ2) is 8.21. The normalized spacial score (nSPS) is 11.2. The van der Waals surface area contributed by atoms with Crippen molar-refractivity contribution >= 4 is 38.9 Å². The number of sulfonamides is 1. The molecular formula is C20H17Cl2NO3S. The zero-order valence-electron chi connectivity index (χ0n) is 14.5. The Morgan fingerprint density at radius 3 is 2.00 bits per heavy atom. The van der Waals surface area contributed by atoms with Gasteiger partial charge in [-0.1, -0.05) is 41.4 Å². The van der Waals surface area contributed by atoms with Crippen molar-refractivity contribution in [1.82, 2.24) is 0 Å². The molecular weight excluding hydrogens is 405 g/mol. The molecule has 0 aromatic heterocycles. The van der Waals surface area contributed by atoms with Crippen LogP contribution in [0.1, 0.15) is 5.56 Å². The Balaban J connectivity index is 2.09. The van der Waals surface area contributed by atoms with E-state index in [1.807, 2.05) is 18.2 Å². The topological polar surface area (TPSA) is 46.6 Å². The minimum Gasteiger partial charge on any atom is -0.496 e. The Morgan fingerprint density at radius 1 is 0.852 bits per heavy atom. The Kier molecular flexibility index (Phi) is 5.95. The van der Waals surface area contributed by atoms with Crippen molar-refractivity contribution in [3.8, 4) is 5.75 Å². The van der Waals surface area contributed by atoms with Gasteiger partial charge in [0.05, 0.1) is 24.2 Å². The largest absolute Gasteiger partial charge is 0.496 e. The molecule has 0 atom stereocenters. The molecule has 140 valence electrons. The lowest BCUT2D eigenvalue weighted by atomic mass is 10.2. The van der Waals surface area contributed by atoms with Crippen LogP contribution in [0.5, 0.6) is 5.75 Å². The lowest BCUT2D eigenvalue weighted by Crippen LogP contribution is -2.30. The molecule has 0 aliphatic rings. The van der Waals surface area contributed by atoms with Gasteiger partial charge < -0.3 is 4.74 Å². The van der Waals surface area contributed by atoms with Crippen molar-refractivity contribution in [3.63, 3.8) is 0 Å². The fourth-order valence-electron chi connectivity index (χ4n) is 2.64. The molecule has 7 heteroatoms. The maximum atomic E-state index is 13.3. The summed E-state index contributed by atoms with van der Waals surface area (Å²) in [7, 11) is -2.28. The van der Waals surface area contributed by atoms with Crippen molar-refractivity contribution < 1.29 is 13.2 Å². The lowest BCUT2D eigenvalue weighted by molar-refractivity contribution is 0.410. The van der Waals surface area contributed by atoms with Gasteiger partial charge in [-0.3, -0.25) is 4.31 Å². The standard InChI is InChI=1S/C20H17Cl2NO3S/c1-26-20-5-3-2-4-15(20)14-23(18-10-6-16(21)7-11-18)27(24,25)19-12-8-17(22)9-13-19/h2-13H,14H2,1H3. The van der Waals surface area contributed by atoms with E-state index in [0.29, 0.717) is 21.5 Å². The van der Waals surface area contributed by atoms with Gasteiger partial charge in [0.25, 0.3) is 10.0 Å². The predicted octanol–water partition coefficient (Wildman–Crippen LogP) is 5.40. The number of rotatable bonds is 6. The number of para-hydroxylation sites is 1. The van der Waals surface area contributed by atoms with Crippen molar-refractivity contribution in [1.29, 1.82) is 0 Å².